The summed E-state index contributed by atoms with van der Waals surface area (Å²) < 4.78 is 0. The molecule has 1 N–H and O–H groups in total. The standard InChI is InChI=1S/C18H14Cl2N2O3/c1-10-2-4-12(9-15(10)20)21-16(23)6-7-22-17(24)13-5-3-11(19)8-14(13)18(22)25/h2-5,8-9H,6-7H2,1H3,(H,21,23). The molecule has 3 rings (SSSR count). The summed E-state index contributed by atoms with van der Waals surface area (Å²) in [5.74, 6) is -1.16. The van der Waals surface area contributed by atoms with Crippen LogP contribution >= 0.6 is 23.2 Å². The number of halogens is 2. The molecule has 1 aliphatic heterocycles. The molecule has 0 atom stereocenters. The first-order chi connectivity index (χ1) is 11.9. The van der Waals surface area contributed by atoms with Crippen LogP contribution < -0.4 is 5.32 Å². The lowest BCUT2D eigenvalue weighted by molar-refractivity contribution is -0.116. The van der Waals surface area contributed by atoms with E-state index in [1.54, 1.807) is 24.3 Å². The third kappa shape index (κ3) is 3.52. The molecule has 25 heavy (non-hydrogen) atoms. The van der Waals surface area contributed by atoms with Gasteiger partial charge in [-0.05, 0) is 42.8 Å². The molecule has 0 spiro atoms. The number of benzene rings is 2. The van der Waals surface area contributed by atoms with E-state index in [1.165, 1.54) is 12.1 Å². The largest absolute Gasteiger partial charge is 0.326 e. The lowest BCUT2D eigenvalue weighted by atomic mass is 10.1. The molecule has 0 aliphatic carbocycles. The molecule has 3 amide bonds. The molecule has 0 fully saturated rings. The van der Waals surface area contributed by atoms with Crippen LogP contribution in [0.4, 0.5) is 5.69 Å². The van der Waals surface area contributed by atoms with E-state index in [0.29, 0.717) is 21.3 Å². The Kier molecular flexibility index (Phi) is 4.79. The van der Waals surface area contributed by atoms with E-state index in [4.69, 9.17) is 23.2 Å². The lowest BCUT2D eigenvalue weighted by Gasteiger charge is -2.13. The normalized spacial score (nSPS) is 13.2. The van der Waals surface area contributed by atoms with Crippen LogP contribution in [-0.4, -0.2) is 29.2 Å². The Balaban J connectivity index is 1.64. The molecular formula is C18H14Cl2N2O3. The minimum atomic E-state index is -0.436. The maximum atomic E-state index is 12.3. The minimum absolute atomic E-state index is 0.00457. The summed E-state index contributed by atoms with van der Waals surface area (Å²) in [6.07, 6.45) is -0.00923. The highest BCUT2D eigenvalue weighted by Gasteiger charge is 2.35. The lowest BCUT2D eigenvalue weighted by Crippen LogP contribution is -2.32. The highest BCUT2D eigenvalue weighted by Crippen LogP contribution is 2.26. The van der Waals surface area contributed by atoms with Crippen LogP contribution in [0.3, 0.4) is 0 Å². The zero-order valence-corrected chi connectivity index (χ0v) is 14.8. The van der Waals surface area contributed by atoms with E-state index in [9.17, 15) is 14.4 Å². The molecule has 2 aromatic rings. The Morgan fingerprint density at radius 1 is 1.04 bits per heavy atom. The van der Waals surface area contributed by atoms with Gasteiger partial charge in [0, 0.05) is 28.7 Å². The van der Waals surface area contributed by atoms with Gasteiger partial charge in [-0.25, -0.2) is 0 Å². The molecule has 0 unspecified atom stereocenters. The number of aryl methyl sites for hydroxylation is 1. The number of imide groups is 1. The number of fused-ring (bicyclic) bond motifs is 1. The van der Waals surface area contributed by atoms with Crippen LogP contribution in [0.2, 0.25) is 10.0 Å². The van der Waals surface area contributed by atoms with Gasteiger partial charge in [0.15, 0.2) is 0 Å². The Hall–Kier alpha value is -2.37. The quantitative estimate of drug-likeness (QED) is 0.822. The number of anilines is 1. The maximum absolute atomic E-state index is 12.3. The number of hydrogen-bond donors (Lipinski definition) is 1. The van der Waals surface area contributed by atoms with Crippen molar-refractivity contribution < 1.29 is 14.4 Å². The van der Waals surface area contributed by atoms with Gasteiger partial charge in [0.1, 0.15) is 0 Å². The highest BCUT2D eigenvalue weighted by molar-refractivity contribution is 6.32. The van der Waals surface area contributed by atoms with Crippen molar-refractivity contribution in [2.24, 2.45) is 0 Å². The first-order valence-electron chi connectivity index (χ1n) is 7.58. The van der Waals surface area contributed by atoms with E-state index in [-0.39, 0.29) is 24.4 Å². The van der Waals surface area contributed by atoms with Crippen molar-refractivity contribution in [2.45, 2.75) is 13.3 Å². The molecule has 1 aliphatic rings. The van der Waals surface area contributed by atoms with Crippen molar-refractivity contribution in [2.75, 3.05) is 11.9 Å². The van der Waals surface area contributed by atoms with E-state index in [0.717, 1.165) is 10.5 Å². The van der Waals surface area contributed by atoms with Crippen molar-refractivity contribution in [3.63, 3.8) is 0 Å². The number of hydrogen-bond acceptors (Lipinski definition) is 3. The van der Waals surface area contributed by atoms with Crippen molar-refractivity contribution in [3.05, 3.63) is 63.1 Å². The molecule has 0 radical (unpaired) electrons. The summed E-state index contributed by atoms with van der Waals surface area (Å²) in [5.41, 5.74) is 2.04. The van der Waals surface area contributed by atoms with Gasteiger partial charge in [-0.3, -0.25) is 19.3 Å². The molecular weight excluding hydrogens is 363 g/mol. The first kappa shape index (κ1) is 17.5. The Labute approximate surface area is 154 Å². The fourth-order valence-corrected chi connectivity index (χ4v) is 2.93. The van der Waals surface area contributed by atoms with Gasteiger partial charge in [-0.2, -0.15) is 0 Å². The maximum Gasteiger partial charge on any atom is 0.261 e. The van der Waals surface area contributed by atoms with E-state index in [1.807, 2.05) is 6.92 Å². The summed E-state index contributed by atoms with van der Waals surface area (Å²) in [6, 6.07) is 9.73. The SMILES string of the molecule is Cc1ccc(NC(=O)CCN2C(=O)c3ccc(Cl)cc3C2=O)cc1Cl. The second-order valence-electron chi connectivity index (χ2n) is 5.71. The van der Waals surface area contributed by atoms with E-state index < -0.39 is 11.8 Å². The minimum Gasteiger partial charge on any atom is -0.326 e. The van der Waals surface area contributed by atoms with Crippen molar-refractivity contribution in [3.8, 4) is 0 Å². The third-order valence-electron chi connectivity index (χ3n) is 3.95. The van der Waals surface area contributed by atoms with Crippen LogP contribution in [0.15, 0.2) is 36.4 Å². The Morgan fingerprint density at radius 2 is 1.76 bits per heavy atom. The van der Waals surface area contributed by atoms with Crippen molar-refractivity contribution in [1.82, 2.24) is 4.90 Å². The molecule has 0 saturated carbocycles. The average molecular weight is 377 g/mol. The van der Waals surface area contributed by atoms with Crippen LogP contribution in [0.1, 0.15) is 32.7 Å². The number of nitrogens with one attached hydrogen (secondary N) is 1. The fourth-order valence-electron chi connectivity index (χ4n) is 2.57. The van der Waals surface area contributed by atoms with Crippen LogP contribution in [-0.2, 0) is 4.79 Å². The van der Waals surface area contributed by atoms with Gasteiger partial charge in [0.2, 0.25) is 5.91 Å². The number of rotatable bonds is 4. The molecule has 128 valence electrons. The smallest absolute Gasteiger partial charge is 0.261 e. The number of nitrogens with zero attached hydrogens (tertiary/aromatic N) is 1. The molecule has 5 nitrogen and oxygen atoms in total. The van der Waals surface area contributed by atoms with Gasteiger partial charge in [0.25, 0.3) is 11.8 Å². The van der Waals surface area contributed by atoms with Crippen molar-refractivity contribution in [1.29, 1.82) is 0 Å². The van der Waals surface area contributed by atoms with Gasteiger partial charge < -0.3 is 5.32 Å². The van der Waals surface area contributed by atoms with E-state index >= 15 is 0 Å². The van der Waals surface area contributed by atoms with Gasteiger partial charge in [-0.15, -0.1) is 0 Å². The second-order valence-corrected chi connectivity index (χ2v) is 6.56. The number of carbonyl (C=O) groups is 3. The highest BCUT2D eigenvalue weighted by atomic mass is 35.5. The predicted octanol–water partition coefficient (Wildman–Crippen LogP) is 3.93. The number of amides is 3. The zero-order chi connectivity index (χ0) is 18.1. The summed E-state index contributed by atoms with van der Waals surface area (Å²) in [7, 11) is 0. The Morgan fingerprint density at radius 3 is 2.48 bits per heavy atom. The Bertz CT molecular complexity index is 896. The summed E-state index contributed by atoms with van der Waals surface area (Å²) in [5, 5.41) is 3.64. The molecule has 1 heterocycles. The molecule has 0 aromatic heterocycles. The van der Waals surface area contributed by atoms with Gasteiger partial charge in [-0.1, -0.05) is 29.3 Å². The molecule has 0 saturated heterocycles. The summed E-state index contributed by atoms with van der Waals surface area (Å²) in [6.45, 7) is 1.86. The van der Waals surface area contributed by atoms with E-state index in [2.05, 4.69) is 5.32 Å². The number of carbonyl (C=O) groups excluding carboxylic acids is 3. The molecule has 0 bridgehead atoms. The molecule has 2 aromatic carbocycles. The van der Waals surface area contributed by atoms with Crippen LogP contribution in [0.5, 0.6) is 0 Å². The fraction of sp³-hybridized carbons (Fsp3) is 0.167. The van der Waals surface area contributed by atoms with Gasteiger partial charge in [0.05, 0.1) is 11.1 Å². The van der Waals surface area contributed by atoms with Crippen LogP contribution in [0.25, 0.3) is 0 Å². The summed E-state index contributed by atoms with van der Waals surface area (Å²) in [4.78, 5) is 37.7. The summed E-state index contributed by atoms with van der Waals surface area (Å²) >= 11 is 11.9. The average Bonchev–Trinajstić information content (AvgIpc) is 2.80. The monoisotopic (exact) mass is 376 g/mol. The second kappa shape index (κ2) is 6.86. The predicted molar refractivity (Wildman–Crippen MR) is 96.3 cm³/mol. The third-order valence-corrected chi connectivity index (χ3v) is 4.59. The van der Waals surface area contributed by atoms with Crippen molar-refractivity contribution >= 4 is 46.6 Å². The topological polar surface area (TPSA) is 66.5 Å². The zero-order valence-electron chi connectivity index (χ0n) is 13.3. The molecule has 7 heteroatoms. The van der Waals surface area contributed by atoms with Crippen LogP contribution in [0, 0.1) is 6.92 Å². The van der Waals surface area contributed by atoms with Gasteiger partial charge >= 0.3 is 0 Å². The first-order valence-corrected chi connectivity index (χ1v) is 8.34.